The summed E-state index contributed by atoms with van der Waals surface area (Å²) in [5, 5.41) is 12.2. The maximum absolute atomic E-state index is 12.3. The normalized spacial score (nSPS) is 26.8. The molecule has 0 unspecified atom stereocenters. The minimum atomic E-state index is 0.0536. The first-order valence-electron chi connectivity index (χ1n) is 8.56. The van der Waals surface area contributed by atoms with Crippen molar-refractivity contribution < 1.29 is 19.4 Å². The molecule has 3 atom stereocenters. The number of hydrogen-bond acceptors (Lipinski definition) is 5. The van der Waals surface area contributed by atoms with Crippen LogP contribution in [-0.4, -0.2) is 67.5 Å². The Morgan fingerprint density at radius 2 is 2.17 bits per heavy atom. The van der Waals surface area contributed by atoms with Gasteiger partial charge in [-0.25, -0.2) is 0 Å². The second kappa shape index (κ2) is 7.96. The number of carbonyl (C=O) groups excluding carboxylic acids is 1. The number of carbonyl (C=O) groups is 1. The first-order valence-corrected chi connectivity index (χ1v) is 8.56. The summed E-state index contributed by atoms with van der Waals surface area (Å²) >= 11 is 0. The standard InChI is InChI=1S/C18H26N2O4/c1-23-16-4-2-13(3-5-16)8-18(22)19-14-9-15-12-24-17(6-7-21)11-20(15)10-14/h2-5,14-15,17,21H,6-12H2,1H3,(H,19,22)/t14-,15+,17+/m1/s1. The lowest BCUT2D eigenvalue weighted by Gasteiger charge is -2.34. The Bertz CT molecular complexity index is 548. The third-order valence-corrected chi connectivity index (χ3v) is 4.83. The molecule has 0 radical (unpaired) electrons. The number of morpholine rings is 1. The Hall–Kier alpha value is -1.63. The Morgan fingerprint density at radius 3 is 2.88 bits per heavy atom. The number of nitrogens with one attached hydrogen (secondary N) is 1. The van der Waals surface area contributed by atoms with Crippen molar-refractivity contribution in [3.05, 3.63) is 29.8 Å². The molecule has 1 amide bonds. The first kappa shape index (κ1) is 17.2. The van der Waals surface area contributed by atoms with Gasteiger partial charge >= 0.3 is 0 Å². The molecule has 1 aromatic carbocycles. The van der Waals surface area contributed by atoms with Gasteiger partial charge in [-0.1, -0.05) is 12.1 Å². The fraction of sp³-hybridized carbons (Fsp3) is 0.611. The van der Waals surface area contributed by atoms with Crippen molar-refractivity contribution >= 4 is 5.91 Å². The van der Waals surface area contributed by atoms with Crippen molar-refractivity contribution in [2.45, 2.75) is 37.5 Å². The van der Waals surface area contributed by atoms with Crippen molar-refractivity contribution in [1.82, 2.24) is 10.2 Å². The highest BCUT2D eigenvalue weighted by molar-refractivity contribution is 5.79. The molecule has 132 valence electrons. The van der Waals surface area contributed by atoms with Crippen LogP contribution in [0.5, 0.6) is 5.75 Å². The van der Waals surface area contributed by atoms with Gasteiger partial charge in [-0.05, 0) is 30.5 Å². The van der Waals surface area contributed by atoms with Crippen LogP contribution in [0.3, 0.4) is 0 Å². The van der Waals surface area contributed by atoms with E-state index in [1.165, 1.54) is 0 Å². The molecule has 0 aromatic heterocycles. The summed E-state index contributed by atoms with van der Waals surface area (Å²) in [4.78, 5) is 14.6. The van der Waals surface area contributed by atoms with Gasteiger partial charge in [0.05, 0.1) is 26.2 Å². The molecule has 2 aliphatic rings. The van der Waals surface area contributed by atoms with Gasteiger partial charge in [-0.15, -0.1) is 0 Å². The number of ether oxygens (including phenoxy) is 2. The lowest BCUT2D eigenvalue weighted by Crippen LogP contribution is -2.46. The van der Waals surface area contributed by atoms with Crippen LogP contribution in [0, 0.1) is 0 Å². The fourth-order valence-electron chi connectivity index (χ4n) is 3.57. The summed E-state index contributed by atoms with van der Waals surface area (Å²) in [5.41, 5.74) is 0.982. The zero-order valence-electron chi connectivity index (χ0n) is 14.1. The average Bonchev–Trinajstić information content (AvgIpc) is 2.97. The molecular weight excluding hydrogens is 308 g/mol. The highest BCUT2D eigenvalue weighted by Crippen LogP contribution is 2.24. The van der Waals surface area contributed by atoms with Crippen LogP contribution >= 0.6 is 0 Å². The van der Waals surface area contributed by atoms with E-state index < -0.39 is 0 Å². The van der Waals surface area contributed by atoms with E-state index in [-0.39, 0.29) is 24.7 Å². The number of fused-ring (bicyclic) bond motifs is 1. The van der Waals surface area contributed by atoms with Crippen LogP contribution in [0.1, 0.15) is 18.4 Å². The number of methoxy groups -OCH3 is 1. The SMILES string of the molecule is COc1ccc(CC(=O)N[C@@H]2C[C@H]3CO[C@@H](CCO)CN3C2)cc1. The average molecular weight is 334 g/mol. The van der Waals surface area contributed by atoms with Crippen molar-refractivity contribution in [3.63, 3.8) is 0 Å². The maximum atomic E-state index is 12.3. The minimum absolute atomic E-state index is 0.0536. The first-order chi connectivity index (χ1) is 11.7. The van der Waals surface area contributed by atoms with Crippen LogP contribution in [0.4, 0.5) is 0 Å². The van der Waals surface area contributed by atoms with Gasteiger partial charge in [-0.3, -0.25) is 9.69 Å². The lowest BCUT2D eigenvalue weighted by atomic mass is 10.1. The molecule has 2 heterocycles. The van der Waals surface area contributed by atoms with Crippen molar-refractivity contribution in [2.75, 3.05) is 33.4 Å². The molecule has 2 N–H and O–H groups in total. The van der Waals surface area contributed by atoms with Crippen molar-refractivity contribution in [3.8, 4) is 5.75 Å². The second-order valence-electron chi connectivity index (χ2n) is 6.60. The van der Waals surface area contributed by atoms with Gasteiger partial charge in [0.2, 0.25) is 5.91 Å². The van der Waals surface area contributed by atoms with E-state index in [1.54, 1.807) is 7.11 Å². The summed E-state index contributed by atoms with van der Waals surface area (Å²) in [6, 6.07) is 8.14. The highest BCUT2D eigenvalue weighted by atomic mass is 16.5. The summed E-state index contributed by atoms with van der Waals surface area (Å²) in [6.07, 6.45) is 2.10. The van der Waals surface area contributed by atoms with E-state index in [0.29, 0.717) is 25.5 Å². The van der Waals surface area contributed by atoms with Gasteiger partial charge in [0.25, 0.3) is 0 Å². The predicted octanol–water partition coefficient (Wildman–Crippen LogP) is 0.578. The predicted molar refractivity (Wildman–Crippen MR) is 90.0 cm³/mol. The molecule has 2 fully saturated rings. The van der Waals surface area contributed by atoms with Crippen LogP contribution in [0.15, 0.2) is 24.3 Å². The minimum Gasteiger partial charge on any atom is -0.497 e. The number of nitrogens with zero attached hydrogens (tertiary/aromatic N) is 1. The summed E-state index contributed by atoms with van der Waals surface area (Å²) in [6.45, 7) is 2.56. The molecule has 0 aliphatic carbocycles. The van der Waals surface area contributed by atoms with Crippen LogP contribution in [-0.2, 0) is 16.0 Å². The highest BCUT2D eigenvalue weighted by Gasteiger charge is 2.37. The van der Waals surface area contributed by atoms with Crippen LogP contribution in [0.2, 0.25) is 0 Å². The zero-order valence-corrected chi connectivity index (χ0v) is 14.1. The van der Waals surface area contributed by atoms with E-state index >= 15 is 0 Å². The Labute approximate surface area is 142 Å². The maximum Gasteiger partial charge on any atom is 0.224 e. The van der Waals surface area contributed by atoms with Crippen LogP contribution in [0.25, 0.3) is 0 Å². The molecule has 6 nitrogen and oxygen atoms in total. The number of benzene rings is 1. The molecule has 0 saturated carbocycles. The van der Waals surface area contributed by atoms with E-state index in [9.17, 15) is 4.79 Å². The van der Waals surface area contributed by atoms with E-state index in [4.69, 9.17) is 14.6 Å². The molecule has 3 rings (SSSR count). The van der Waals surface area contributed by atoms with Gasteiger partial charge in [0, 0.05) is 31.8 Å². The third-order valence-electron chi connectivity index (χ3n) is 4.83. The molecular formula is C18H26N2O4. The Balaban J connectivity index is 1.47. The molecule has 2 aliphatic heterocycles. The molecule has 2 saturated heterocycles. The number of hydrogen-bond donors (Lipinski definition) is 2. The van der Waals surface area contributed by atoms with Gasteiger partial charge in [0.15, 0.2) is 0 Å². The zero-order chi connectivity index (χ0) is 16.9. The quantitative estimate of drug-likeness (QED) is 0.796. The summed E-state index contributed by atoms with van der Waals surface area (Å²) < 4.78 is 10.9. The third kappa shape index (κ3) is 4.26. The summed E-state index contributed by atoms with van der Waals surface area (Å²) in [7, 11) is 1.63. The lowest BCUT2D eigenvalue weighted by molar-refractivity contribution is -0.121. The van der Waals surface area contributed by atoms with Crippen molar-refractivity contribution in [1.29, 1.82) is 0 Å². The molecule has 0 bridgehead atoms. The number of amides is 1. The van der Waals surface area contributed by atoms with E-state index in [2.05, 4.69) is 10.2 Å². The number of rotatable bonds is 6. The summed E-state index contributed by atoms with van der Waals surface area (Å²) in [5.74, 6) is 0.849. The topological polar surface area (TPSA) is 71.0 Å². The van der Waals surface area contributed by atoms with Crippen LogP contribution < -0.4 is 10.1 Å². The molecule has 1 aromatic rings. The second-order valence-corrected chi connectivity index (χ2v) is 6.60. The van der Waals surface area contributed by atoms with E-state index in [1.807, 2.05) is 24.3 Å². The Kier molecular flexibility index (Phi) is 5.71. The number of aliphatic hydroxyl groups excluding tert-OH is 1. The van der Waals surface area contributed by atoms with Crippen molar-refractivity contribution in [2.24, 2.45) is 0 Å². The fourth-order valence-corrected chi connectivity index (χ4v) is 3.57. The molecule has 24 heavy (non-hydrogen) atoms. The van der Waals surface area contributed by atoms with Gasteiger partial charge < -0.3 is 19.9 Å². The van der Waals surface area contributed by atoms with Gasteiger partial charge in [-0.2, -0.15) is 0 Å². The largest absolute Gasteiger partial charge is 0.497 e. The monoisotopic (exact) mass is 334 g/mol. The smallest absolute Gasteiger partial charge is 0.224 e. The molecule has 0 spiro atoms. The Morgan fingerprint density at radius 1 is 1.38 bits per heavy atom. The van der Waals surface area contributed by atoms with Gasteiger partial charge in [0.1, 0.15) is 5.75 Å². The number of aliphatic hydroxyl groups is 1. The van der Waals surface area contributed by atoms with E-state index in [0.717, 1.165) is 30.8 Å². The molecule has 6 heteroatoms.